The first kappa shape index (κ1) is 30.3. The topological polar surface area (TPSA) is 71.3 Å². The highest BCUT2D eigenvalue weighted by molar-refractivity contribution is 7.91. The molecule has 0 N–H and O–H groups in total. The first-order valence-corrected chi connectivity index (χ1v) is 18.8. The molecule has 0 radical (unpaired) electrons. The molecule has 1 aliphatic carbocycles. The minimum absolute atomic E-state index is 0.277. The third kappa shape index (κ3) is 5.21. The largest absolute Gasteiger partial charge is 0.325 e. The van der Waals surface area contributed by atoms with E-state index in [9.17, 15) is 8.42 Å². The van der Waals surface area contributed by atoms with Gasteiger partial charge in [-0.2, -0.15) is 4.31 Å². The molecule has 3 fully saturated rings. The fourth-order valence-electron chi connectivity index (χ4n) is 8.43. The monoisotopic (exact) mass is 671 g/mol. The predicted molar refractivity (Wildman–Crippen MR) is 185 cm³/mol. The molecule has 3 aliphatic rings. The minimum Gasteiger partial charge on any atom is -0.325 e. The maximum Gasteiger partial charge on any atom is 0.252 e. The number of fused-ring (bicyclic) bond motifs is 3. The third-order valence-electron chi connectivity index (χ3n) is 10.7. The van der Waals surface area contributed by atoms with E-state index in [2.05, 4.69) is 51.7 Å². The number of pyridine rings is 1. The first-order valence-electron chi connectivity index (χ1n) is 16.2. The Morgan fingerprint density at radius 2 is 1.76 bits per heavy atom. The standard InChI is InChI=1S/C36H38ClN5O2S2/c1-24-39-31-10-3-4-12-33(31)42(24)30-19-28-13-14-29(20-30)41(28)22-26-21-36(26,25-8-7-9-27(37)18-25)23-40(2)46(43,44)35-16-15-34(45-35)32-11-5-6-17-38-32/h3-12,15-18,26,28-30H,13-14,19-23H2,1-2H3/t26-,28-,29+,30-,36+/m0/s1. The van der Waals surface area contributed by atoms with Crippen LogP contribution in [0.4, 0.5) is 0 Å². The number of hydrogen-bond donors (Lipinski definition) is 0. The van der Waals surface area contributed by atoms with E-state index in [1.807, 2.05) is 42.5 Å². The molecule has 2 aromatic carbocycles. The molecule has 0 amide bonds. The fraction of sp³-hybridized carbons (Fsp3) is 0.389. The highest BCUT2D eigenvalue weighted by atomic mass is 35.5. The Bertz CT molecular complexity index is 2000. The molecule has 238 valence electrons. The second-order valence-corrected chi connectivity index (χ2v) is 17.2. The molecule has 5 atom stereocenters. The molecular formula is C36H38ClN5O2S2. The van der Waals surface area contributed by atoms with Crippen molar-refractivity contribution >= 4 is 44.0 Å². The summed E-state index contributed by atoms with van der Waals surface area (Å²) in [7, 11) is -1.96. The number of hydrogen-bond acceptors (Lipinski definition) is 6. The van der Waals surface area contributed by atoms with Gasteiger partial charge in [-0.3, -0.25) is 9.88 Å². The van der Waals surface area contributed by atoms with E-state index in [0.717, 1.165) is 53.3 Å². The summed E-state index contributed by atoms with van der Waals surface area (Å²) >= 11 is 7.80. The Balaban J connectivity index is 1.03. The Morgan fingerprint density at radius 1 is 0.978 bits per heavy atom. The number of nitrogens with zero attached hydrogens (tertiary/aromatic N) is 5. The maximum atomic E-state index is 13.9. The van der Waals surface area contributed by atoms with E-state index in [1.165, 1.54) is 29.7 Å². The lowest BCUT2D eigenvalue weighted by atomic mass is 9.91. The van der Waals surface area contributed by atoms with Crippen LogP contribution in [-0.4, -0.2) is 64.4 Å². The molecular weight excluding hydrogens is 634 g/mol. The lowest BCUT2D eigenvalue weighted by molar-refractivity contribution is 0.0989. The number of benzene rings is 2. The van der Waals surface area contributed by atoms with E-state index in [-0.39, 0.29) is 5.41 Å². The van der Waals surface area contributed by atoms with Crippen LogP contribution < -0.4 is 0 Å². The van der Waals surface area contributed by atoms with Gasteiger partial charge in [-0.05, 0) is 99.0 Å². The van der Waals surface area contributed by atoms with Crippen LogP contribution >= 0.6 is 22.9 Å². The predicted octanol–water partition coefficient (Wildman–Crippen LogP) is 7.57. The molecule has 8 rings (SSSR count). The van der Waals surface area contributed by atoms with E-state index in [1.54, 1.807) is 23.6 Å². The molecule has 7 nitrogen and oxygen atoms in total. The molecule has 2 saturated heterocycles. The van der Waals surface area contributed by atoms with Gasteiger partial charge in [-0.15, -0.1) is 11.3 Å². The van der Waals surface area contributed by atoms with Gasteiger partial charge in [0.1, 0.15) is 10.0 Å². The SMILES string of the molecule is Cc1nc2ccccc2n1[C@@H]1C[C@H]2CC[C@@H](C1)N2C[C@@H]1C[C@@]1(CN(C)S(=O)(=O)c1ccc(-c2ccccn2)s1)c1cccc(Cl)c1. The zero-order valence-corrected chi connectivity index (χ0v) is 28.5. The Morgan fingerprint density at radius 3 is 2.52 bits per heavy atom. The van der Waals surface area contributed by atoms with Gasteiger partial charge < -0.3 is 4.57 Å². The summed E-state index contributed by atoms with van der Waals surface area (Å²) in [6.07, 6.45) is 7.36. The van der Waals surface area contributed by atoms with Gasteiger partial charge in [0.25, 0.3) is 10.0 Å². The van der Waals surface area contributed by atoms with Gasteiger partial charge in [0.05, 0.1) is 21.6 Å². The molecule has 2 aliphatic heterocycles. The Labute approximate surface area is 279 Å². The zero-order chi connectivity index (χ0) is 31.6. The number of piperidine rings is 1. The number of likely N-dealkylation sites (N-methyl/N-ethyl adjacent to an activating group) is 1. The number of aromatic nitrogens is 3. The molecule has 5 aromatic rings. The third-order valence-corrected chi connectivity index (χ3v) is 14.3. The molecule has 0 spiro atoms. The van der Waals surface area contributed by atoms with Crippen LogP contribution in [0.1, 0.15) is 49.5 Å². The van der Waals surface area contributed by atoms with Crippen LogP contribution in [-0.2, 0) is 15.4 Å². The highest BCUT2D eigenvalue weighted by Crippen LogP contribution is 2.57. The van der Waals surface area contributed by atoms with Gasteiger partial charge in [0, 0.05) is 54.9 Å². The van der Waals surface area contributed by atoms with Crippen LogP contribution in [0.5, 0.6) is 0 Å². The van der Waals surface area contributed by atoms with Gasteiger partial charge in [0.2, 0.25) is 0 Å². The van der Waals surface area contributed by atoms with Crippen molar-refractivity contribution in [1.82, 2.24) is 23.7 Å². The normalized spacial score (nSPS) is 26.3. The van der Waals surface area contributed by atoms with E-state index < -0.39 is 10.0 Å². The fourth-order valence-corrected chi connectivity index (χ4v) is 11.4. The molecule has 0 unspecified atom stereocenters. The number of rotatable bonds is 9. The van der Waals surface area contributed by atoms with Crippen molar-refractivity contribution in [2.45, 2.75) is 66.8 Å². The van der Waals surface area contributed by atoms with Crippen molar-refractivity contribution in [3.8, 4) is 10.6 Å². The van der Waals surface area contributed by atoms with Gasteiger partial charge in [-0.25, -0.2) is 13.4 Å². The number of para-hydroxylation sites is 2. The molecule has 46 heavy (non-hydrogen) atoms. The smallest absolute Gasteiger partial charge is 0.252 e. The van der Waals surface area contributed by atoms with Gasteiger partial charge in [0.15, 0.2) is 0 Å². The second kappa shape index (κ2) is 11.6. The lowest BCUT2D eigenvalue weighted by Crippen LogP contribution is -2.45. The van der Waals surface area contributed by atoms with Crippen molar-refractivity contribution in [2.24, 2.45) is 5.92 Å². The number of thiophene rings is 1. The van der Waals surface area contributed by atoms with E-state index in [4.69, 9.17) is 16.6 Å². The van der Waals surface area contributed by atoms with Crippen molar-refractivity contribution in [2.75, 3.05) is 20.1 Å². The molecule has 3 aromatic heterocycles. The maximum absolute atomic E-state index is 13.9. The average Bonchev–Trinajstić information content (AvgIpc) is 3.30. The number of aryl methyl sites for hydroxylation is 1. The summed E-state index contributed by atoms with van der Waals surface area (Å²) in [6.45, 7) is 3.54. The minimum atomic E-state index is -3.69. The second-order valence-electron chi connectivity index (χ2n) is 13.4. The summed E-state index contributed by atoms with van der Waals surface area (Å²) < 4.78 is 32.3. The molecule has 10 heteroatoms. The van der Waals surface area contributed by atoms with Crippen LogP contribution in [0.2, 0.25) is 5.02 Å². The summed E-state index contributed by atoms with van der Waals surface area (Å²) in [5.41, 5.74) is 3.95. The van der Waals surface area contributed by atoms with Gasteiger partial charge >= 0.3 is 0 Å². The van der Waals surface area contributed by atoms with Crippen molar-refractivity contribution in [3.05, 3.63) is 101 Å². The van der Waals surface area contributed by atoms with Crippen LogP contribution in [0, 0.1) is 12.8 Å². The Kier molecular flexibility index (Phi) is 7.61. The molecule has 5 heterocycles. The van der Waals surface area contributed by atoms with Crippen molar-refractivity contribution < 1.29 is 8.42 Å². The number of sulfonamides is 1. The van der Waals surface area contributed by atoms with Crippen LogP contribution in [0.15, 0.2) is 89.3 Å². The highest BCUT2D eigenvalue weighted by Gasteiger charge is 2.58. The van der Waals surface area contributed by atoms with E-state index in [0.29, 0.717) is 39.8 Å². The van der Waals surface area contributed by atoms with Gasteiger partial charge in [-0.1, -0.05) is 41.9 Å². The summed E-state index contributed by atoms with van der Waals surface area (Å²) in [6, 6.07) is 27.3. The van der Waals surface area contributed by atoms with Crippen molar-refractivity contribution in [3.63, 3.8) is 0 Å². The first-order chi connectivity index (χ1) is 22.2. The number of halogens is 1. The zero-order valence-electron chi connectivity index (χ0n) is 26.1. The lowest BCUT2D eigenvalue weighted by Gasteiger charge is -2.40. The molecule has 1 saturated carbocycles. The Hall–Kier alpha value is -3.08. The van der Waals surface area contributed by atoms with E-state index >= 15 is 0 Å². The average molecular weight is 672 g/mol. The number of imidazole rings is 1. The molecule has 2 bridgehead atoms. The summed E-state index contributed by atoms with van der Waals surface area (Å²) in [5, 5.41) is 0.690. The summed E-state index contributed by atoms with van der Waals surface area (Å²) in [5.74, 6) is 1.45. The quantitative estimate of drug-likeness (QED) is 0.162. The van der Waals surface area contributed by atoms with Crippen molar-refractivity contribution in [1.29, 1.82) is 0 Å². The van der Waals surface area contributed by atoms with Crippen LogP contribution in [0.3, 0.4) is 0 Å². The van der Waals surface area contributed by atoms with Crippen LogP contribution in [0.25, 0.3) is 21.6 Å². The summed E-state index contributed by atoms with van der Waals surface area (Å²) in [4.78, 5) is 12.9.